The molecule has 4 rings (SSSR count). The van der Waals surface area contributed by atoms with Crippen molar-refractivity contribution in [3.63, 3.8) is 0 Å². The smallest absolute Gasteiger partial charge is 0.255 e. The van der Waals surface area contributed by atoms with Gasteiger partial charge in [-0.2, -0.15) is 0 Å². The summed E-state index contributed by atoms with van der Waals surface area (Å²) < 4.78 is 7.61. The second-order valence-corrected chi connectivity index (χ2v) is 9.01. The first-order valence-corrected chi connectivity index (χ1v) is 9.96. The summed E-state index contributed by atoms with van der Waals surface area (Å²) >= 11 is 0. The molecule has 0 bridgehead atoms. The van der Waals surface area contributed by atoms with E-state index in [1.54, 1.807) is 27.6 Å². The number of aliphatic hydroxyl groups excluding tert-OH is 1. The fourth-order valence-corrected chi connectivity index (χ4v) is 3.41. The van der Waals surface area contributed by atoms with Crippen LogP contribution in [0.3, 0.4) is 0 Å². The zero-order valence-corrected chi connectivity index (χ0v) is 17.5. The summed E-state index contributed by atoms with van der Waals surface area (Å²) in [6.45, 7) is 11.0. The molecule has 0 spiro atoms. The lowest BCUT2D eigenvalue weighted by Gasteiger charge is -2.25. The van der Waals surface area contributed by atoms with Gasteiger partial charge in [-0.1, -0.05) is 34.6 Å². The van der Waals surface area contributed by atoms with Crippen LogP contribution in [0.4, 0.5) is 0 Å². The van der Waals surface area contributed by atoms with Crippen LogP contribution in [-0.4, -0.2) is 42.0 Å². The Kier molecular flexibility index (Phi) is 4.69. The van der Waals surface area contributed by atoms with Crippen molar-refractivity contribution < 1.29 is 14.3 Å². The van der Waals surface area contributed by atoms with Crippen LogP contribution in [0.2, 0.25) is 0 Å². The molecule has 0 aliphatic carbocycles. The van der Waals surface area contributed by atoms with Gasteiger partial charge in [0.2, 0.25) is 0 Å². The van der Waals surface area contributed by atoms with Crippen molar-refractivity contribution in [1.29, 1.82) is 0 Å². The Balaban J connectivity index is 1.61. The van der Waals surface area contributed by atoms with Crippen LogP contribution in [-0.2, 0) is 18.4 Å². The molecule has 154 valence electrons. The SMILES string of the molecule is CC(C)C(O)c1nnc2ccc(C(=O)N3CCc4oc(C(C)(C)C)nc4C3)cn12. The third-order valence-corrected chi connectivity index (χ3v) is 5.23. The fourth-order valence-electron chi connectivity index (χ4n) is 3.41. The lowest BCUT2D eigenvalue weighted by Crippen LogP contribution is -2.36. The Labute approximate surface area is 169 Å². The molecule has 0 fully saturated rings. The predicted molar refractivity (Wildman–Crippen MR) is 106 cm³/mol. The van der Waals surface area contributed by atoms with Gasteiger partial charge in [0.05, 0.1) is 12.1 Å². The molecule has 1 unspecified atom stereocenters. The number of rotatable bonds is 3. The molecule has 1 aliphatic heterocycles. The summed E-state index contributed by atoms with van der Waals surface area (Å²) in [6.07, 6.45) is 1.60. The second kappa shape index (κ2) is 6.95. The van der Waals surface area contributed by atoms with Crippen LogP contribution in [0.15, 0.2) is 22.7 Å². The molecule has 0 aromatic carbocycles. The first-order valence-electron chi connectivity index (χ1n) is 9.96. The van der Waals surface area contributed by atoms with Crippen molar-refractivity contribution in [3.8, 4) is 0 Å². The van der Waals surface area contributed by atoms with E-state index in [9.17, 15) is 9.90 Å². The highest BCUT2D eigenvalue weighted by molar-refractivity contribution is 5.94. The number of carbonyl (C=O) groups excluding carboxylic acids is 1. The summed E-state index contributed by atoms with van der Waals surface area (Å²) in [7, 11) is 0. The lowest BCUT2D eigenvalue weighted by molar-refractivity contribution is 0.0726. The van der Waals surface area contributed by atoms with Gasteiger partial charge in [-0.05, 0) is 18.1 Å². The van der Waals surface area contributed by atoms with E-state index < -0.39 is 6.10 Å². The van der Waals surface area contributed by atoms with Crippen molar-refractivity contribution in [2.45, 2.75) is 59.1 Å². The van der Waals surface area contributed by atoms with E-state index in [-0.39, 0.29) is 17.2 Å². The Bertz CT molecular complexity index is 1060. The largest absolute Gasteiger partial charge is 0.445 e. The average Bonchev–Trinajstić information content (AvgIpc) is 3.29. The molecule has 1 amide bonds. The minimum atomic E-state index is -0.751. The number of oxazole rings is 1. The maximum absolute atomic E-state index is 13.1. The van der Waals surface area contributed by atoms with E-state index in [2.05, 4.69) is 36.0 Å². The van der Waals surface area contributed by atoms with Gasteiger partial charge in [-0.3, -0.25) is 9.20 Å². The number of carbonyl (C=O) groups is 1. The topological polar surface area (TPSA) is 96.8 Å². The summed E-state index contributed by atoms with van der Waals surface area (Å²) in [4.78, 5) is 19.6. The predicted octanol–water partition coefficient (Wildman–Crippen LogP) is 2.90. The third kappa shape index (κ3) is 3.53. The zero-order chi connectivity index (χ0) is 20.9. The molecule has 4 heterocycles. The van der Waals surface area contributed by atoms with E-state index >= 15 is 0 Å². The van der Waals surface area contributed by atoms with E-state index in [4.69, 9.17) is 4.42 Å². The Morgan fingerprint density at radius 2 is 2.00 bits per heavy atom. The highest BCUT2D eigenvalue weighted by atomic mass is 16.4. The highest BCUT2D eigenvalue weighted by Gasteiger charge is 2.30. The summed E-state index contributed by atoms with van der Waals surface area (Å²) in [5.74, 6) is 1.92. The third-order valence-electron chi connectivity index (χ3n) is 5.23. The van der Waals surface area contributed by atoms with Gasteiger partial charge in [0.25, 0.3) is 5.91 Å². The zero-order valence-electron chi connectivity index (χ0n) is 17.5. The molecule has 3 aromatic heterocycles. The van der Waals surface area contributed by atoms with Gasteiger partial charge < -0.3 is 14.4 Å². The van der Waals surface area contributed by atoms with Crippen molar-refractivity contribution >= 4 is 11.6 Å². The monoisotopic (exact) mass is 397 g/mol. The normalized spacial score (nSPS) is 15.8. The average molecular weight is 397 g/mol. The van der Waals surface area contributed by atoms with Crippen LogP contribution >= 0.6 is 0 Å². The number of pyridine rings is 1. The first-order chi connectivity index (χ1) is 13.6. The van der Waals surface area contributed by atoms with E-state index in [1.165, 1.54) is 0 Å². The maximum atomic E-state index is 13.1. The molecule has 1 atom stereocenters. The minimum Gasteiger partial charge on any atom is -0.445 e. The first kappa shape index (κ1) is 19.6. The summed E-state index contributed by atoms with van der Waals surface area (Å²) in [6, 6.07) is 3.50. The van der Waals surface area contributed by atoms with Crippen LogP contribution < -0.4 is 0 Å². The van der Waals surface area contributed by atoms with Gasteiger partial charge in [0.15, 0.2) is 17.4 Å². The van der Waals surface area contributed by atoms with Crippen LogP contribution in [0.1, 0.15) is 74.2 Å². The molecule has 0 saturated heterocycles. The van der Waals surface area contributed by atoms with Crippen LogP contribution in [0, 0.1) is 5.92 Å². The van der Waals surface area contributed by atoms with Crippen LogP contribution in [0.5, 0.6) is 0 Å². The standard InChI is InChI=1S/C21H27N5O3/c1-12(2)17(27)18-24-23-16-7-6-13(10-26(16)18)19(28)25-9-8-15-14(11-25)22-20(29-15)21(3,4)5/h6-7,10,12,17,27H,8-9,11H2,1-5H3. The van der Waals surface area contributed by atoms with Gasteiger partial charge >= 0.3 is 0 Å². The molecule has 8 nitrogen and oxygen atoms in total. The van der Waals surface area contributed by atoms with Crippen molar-refractivity contribution in [2.75, 3.05) is 6.54 Å². The molecular formula is C21H27N5O3. The van der Waals surface area contributed by atoms with Gasteiger partial charge in [-0.25, -0.2) is 4.98 Å². The number of hydrogen-bond donors (Lipinski definition) is 1. The van der Waals surface area contributed by atoms with E-state index in [0.717, 1.165) is 11.5 Å². The van der Waals surface area contributed by atoms with Gasteiger partial charge in [0.1, 0.15) is 17.6 Å². The fraction of sp³-hybridized carbons (Fsp3) is 0.524. The summed E-state index contributed by atoms with van der Waals surface area (Å²) in [5.41, 5.74) is 1.79. The van der Waals surface area contributed by atoms with E-state index in [1.807, 2.05) is 13.8 Å². The minimum absolute atomic E-state index is 0.00792. The van der Waals surface area contributed by atoms with Gasteiger partial charge in [0, 0.05) is 24.6 Å². The maximum Gasteiger partial charge on any atom is 0.255 e. The number of aliphatic hydroxyl groups is 1. The molecule has 0 radical (unpaired) electrons. The van der Waals surface area contributed by atoms with Crippen LogP contribution in [0.25, 0.3) is 5.65 Å². The molecule has 0 saturated carbocycles. The number of hydrogen-bond acceptors (Lipinski definition) is 6. The molecular weight excluding hydrogens is 370 g/mol. The van der Waals surface area contributed by atoms with Crippen molar-refractivity contribution in [3.05, 3.63) is 47.1 Å². The van der Waals surface area contributed by atoms with Crippen molar-refractivity contribution in [1.82, 2.24) is 24.5 Å². The Morgan fingerprint density at radius 3 is 2.69 bits per heavy atom. The lowest BCUT2D eigenvalue weighted by atomic mass is 9.97. The number of nitrogens with zero attached hydrogens (tertiary/aromatic N) is 5. The van der Waals surface area contributed by atoms with E-state index in [0.29, 0.717) is 42.4 Å². The molecule has 8 heteroatoms. The van der Waals surface area contributed by atoms with Gasteiger partial charge in [-0.15, -0.1) is 10.2 Å². The number of fused-ring (bicyclic) bond motifs is 2. The molecule has 1 N–H and O–H groups in total. The molecule has 29 heavy (non-hydrogen) atoms. The Morgan fingerprint density at radius 1 is 1.24 bits per heavy atom. The Hall–Kier alpha value is -2.74. The quantitative estimate of drug-likeness (QED) is 0.730. The number of aromatic nitrogens is 4. The summed E-state index contributed by atoms with van der Waals surface area (Å²) in [5, 5.41) is 18.6. The molecule has 1 aliphatic rings. The highest BCUT2D eigenvalue weighted by Crippen LogP contribution is 2.28. The number of amides is 1. The van der Waals surface area contributed by atoms with Crippen molar-refractivity contribution in [2.24, 2.45) is 5.92 Å². The molecule has 3 aromatic rings. The second-order valence-electron chi connectivity index (χ2n) is 9.01.